The first kappa shape index (κ1) is 7.79. The number of hydrogen-bond acceptors (Lipinski definition) is 3. The molecule has 1 aromatic carbocycles. The van der Waals surface area contributed by atoms with Crippen molar-refractivity contribution in [3.05, 3.63) is 30.0 Å². The van der Waals surface area contributed by atoms with Gasteiger partial charge in [-0.3, -0.25) is 5.10 Å². The van der Waals surface area contributed by atoms with Crippen LogP contribution in [0.15, 0.2) is 29.5 Å². The Hall–Kier alpha value is -1.84. The number of aromatic nitrogens is 2. The van der Waals surface area contributed by atoms with Crippen molar-refractivity contribution in [1.29, 1.82) is 0 Å². The standard InChI is InChI=1S/C9H10N4/c1-10-11-5-7-2-3-9-8(4-7)6-12-13-9/h2-6,10H,1H3,(H,12,13)/b11-5+. The third-order valence-electron chi connectivity index (χ3n) is 1.81. The molecule has 0 bridgehead atoms. The molecule has 0 unspecified atom stereocenters. The predicted octanol–water partition coefficient (Wildman–Crippen LogP) is 1.12. The van der Waals surface area contributed by atoms with Crippen LogP contribution >= 0.6 is 0 Å². The second-order valence-corrected chi connectivity index (χ2v) is 2.70. The van der Waals surface area contributed by atoms with Crippen molar-refractivity contribution < 1.29 is 0 Å². The smallest absolute Gasteiger partial charge is 0.0650 e. The van der Waals surface area contributed by atoms with Gasteiger partial charge < -0.3 is 5.43 Å². The van der Waals surface area contributed by atoms with E-state index in [0.717, 1.165) is 16.5 Å². The van der Waals surface area contributed by atoms with Crippen molar-refractivity contribution in [3.63, 3.8) is 0 Å². The quantitative estimate of drug-likeness (QED) is 0.529. The van der Waals surface area contributed by atoms with Crippen molar-refractivity contribution in [2.45, 2.75) is 0 Å². The van der Waals surface area contributed by atoms with Gasteiger partial charge >= 0.3 is 0 Å². The highest BCUT2D eigenvalue weighted by Gasteiger charge is 1.94. The summed E-state index contributed by atoms with van der Waals surface area (Å²) in [4.78, 5) is 0. The Balaban J connectivity index is 2.42. The maximum atomic E-state index is 3.94. The van der Waals surface area contributed by atoms with E-state index in [1.165, 1.54) is 0 Å². The lowest BCUT2D eigenvalue weighted by Gasteiger charge is -1.92. The summed E-state index contributed by atoms with van der Waals surface area (Å²) in [5.41, 5.74) is 4.81. The van der Waals surface area contributed by atoms with Crippen molar-refractivity contribution in [1.82, 2.24) is 15.6 Å². The van der Waals surface area contributed by atoms with Crippen LogP contribution in [0, 0.1) is 0 Å². The lowest BCUT2D eigenvalue weighted by molar-refractivity contribution is 0.908. The van der Waals surface area contributed by atoms with E-state index in [1.54, 1.807) is 19.5 Å². The van der Waals surface area contributed by atoms with Gasteiger partial charge in [0.15, 0.2) is 0 Å². The zero-order valence-electron chi connectivity index (χ0n) is 7.28. The molecule has 1 aromatic heterocycles. The van der Waals surface area contributed by atoms with Gasteiger partial charge in [0.05, 0.1) is 17.9 Å². The van der Waals surface area contributed by atoms with Gasteiger partial charge in [-0.05, 0) is 17.7 Å². The molecule has 0 radical (unpaired) electrons. The van der Waals surface area contributed by atoms with Gasteiger partial charge in [-0.1, -0.05) is 6.07 Å². The van der Waals surface area contributed by atoms with Crippen LogP contribution in [0.1, 0.15) is 5.56 Å². The van der Waals surface area contributed by atoms with E-state index in [1.807, 2.05) is 18.2 Å². The zero-order valence-corrected chi connectivity index (χ0v) is 7.28. The van der Waals surface area contributed by atoms with Crippen molar-refractivity contribution in [2.75, 3.05) is 7.05 Å². The van der Waals surface area contributed by atoms with Crippen LogP contribution in [0.3, 0.4) is 0 Å². The number of benzene rings is 1. The number of rotatable bonds is 2. The Bertz CT molecular complexity index is 430. The van der Waals surface area contributed by atoms with Crippen LogP contribution in [0.25, 0.3) is 10.9 Å². The van der Waals surface area contributed by atoms with Gasteiger partial charge in [0.25, 0.3) is 0 Å². The Morgan fingerprint density at radius 1 is 1.54 bits per heavy atom. The van der Waals surface area contributed by atoms with Crippen LogP contribution in [0.4, 0.5) is 0 Å². The molecule has 0 amide bonds. The van der Waals surface area contributed by atoms with E-state index < -0.39 is 0 Å². The average Bonchev–Trinajstić information content (AvgIpc) is 2.61. The summed E-state index contributed by atoms with van der Waals surface area (Å²) >= 11 is 0. The average molecular weight is 174 g/mol. The first-order valence-electron chi connectivity index (χ1n) is 4.03. The van der Waals surface area contributed by atoms with Gasteiger partial charge in [-0.15, -0.1) is 0 Å². The van der Waals surface area contributed by atoms with Crippen molar-refractivity contribution in [3.8, 4) is 0 Å². The van der Waals surface area contributed by atoms with Gasteiger partial charge in [0.2, 0.25) is 0 Å². The molecule has 0 atom stereocenters. The largest absolute Gasteiger partial charge is 0.313 e. The molecular formula is C9H10N4. The molecule has 13 heavy (non-hydrogen) atoms. The van der Waals surface area contributed by atoms with Crippen LogP contribution in [-0.4, -0.2) is 23.5 Å². The number of nitrogens with zero attached hydrogens (tertiary/aromatic N) is 2. The van der Waals surface area contributed by atoms with Gasteiger partial charge in [-0.25, -0.2) is 0 Å². The summed E-state index contributed by atoms with van der Waals surface area (Å²) in [5, 5.41) is 11.9. The van der Waals surface area contributed by atoms with Gasteiger partial charge in [-0.2, -0.15) is 10.2 Å². The molecule has 4 heteroatoms. The summed E-state index contributed by atoms with van der Waals surface area (Å²) in [6, 6.07) is 6.00. The van der Waals surface area contributed by atoms with E-state index in [9.17, 15) is 0 Å². The molecular weight excluding hydrogens is 164 g/mol. The second-order valence-electron chi connectivity index (χ2n) is 2.70. The number of H-pyrrole nitrogens is 1. The van der Waals surface area contributed by atoms with Crippen LogP contribution in [0.2, 0.25) is 0 Å². The molecule has 0 aliphatic heterocycles. The number of aromatic amines is 1. The van der Waals surface area contributed by atoms with Gasteiger partial charge in [0, 0.05) is 12.4 Å². The minimum absolute atomic E-state index is 1.04. The highest BCUT2D eigenvalue weighted by molar-refractivity contribution is 5.88. The first-order chi connectivity index (χ1) is 6.40. The predicted molar refractivity (Wildman–Crippen MR) is 52.7 cm³/mol. The first-order valence-corrected chi connectivity index (χ1v) is 4.03. The van der Waals surface area contributed by atoms with Crippen LogP contribution in [-0.2, 0) is 0 Å². The summed E-state index contributed by atoms with van der Waals surface area (Å²) in [5.74, 6) is 0. The van der Waals surface area contributed by atoms with Crippen LogP contribution < -0.4 is 5.43 Å². The fourth-order valence-corrected chi connectivity index (χ4v) is 1.18. The highest BCUT2D eigenvalue weighted by atomic mass is 15.3. The third-order valence-corrected chi connectivity index (χ3v) is 1.81. The van der Waals surface area contributed by atoms with E-state index in [4.69, 9.17) is 0 Å². The third kappa shape index (κ3) is 1.51. The molecule has 0 spiro atoms. The maximum absolute atomic E-state index is 3.94. The summed E-state index contributed by atoms with van der Waals surface area (Å²) in [6.45, 7) is 0. The number of hydrogen-bond donors (Lipinski definition) is 2. The molecule has 0 fully saturated rings. The normalized spacial score (nSPS) is 11.2. The topological polar surface area (TPSA) is 53.1 Å². The molecule has 2 rings (SSSR count). The number of fused-ring (bicyclic) bond motifs is 1. The number of nitrogens with one attached hydrogen (secondary N) is 2. The molecule has 1 heterocycles. The SMILES string of the molecule is CN/N=C/c1ccc2[nH]ncc2c1. The molecule has 66 valence electrons. The van der Waals surface area contributed by atoms with Crippen LogP contribution in [0.5, 0.6) is 0 Å². The molecule has 4 nitrogen and oxygen atoms in total. The second kappa shape index (κ2) is 3.26. The maximum Gasteiger partial charge on any atom is 0.0650 e. The Kier molecular flexibility index (Phi) is 1.96. The molecule has 0 aliphatic rings. The fourth-order valence-electron chi connectivity index (χ4n) is 1.18. The Morgan fingerprint density at radius 2 is 2.46 bits per heavy atom. The highest BCUT2D eigenvalue weighted by Crippen LogP contribution is 2.11. The minimum atomic E-state index is 1.04. The summed E-state index contributed by atoms with van der Waals surface area (Å²) in [6.07, 6.45) is 3.57. The summed E-state index contributed by atoms with van der Waals surface area (Å²) < 4.78 is 0. The van der Waals surface area contributed by atoms with E-state index in [2.05, 4.69) is 20.7 Å². The fraction of sp³-hybridized carbons (Fsp3) is 0.111. The van der Waals surface area contributed by atoms with Gasteiger partial charge in [0.1, 0.15) is 0 Å². The van der Waals surface area contributed by atoms with E-state index >= 15 is 0 Å². The lowest BCUT2D eigenvalue weighted by atomic mass is 10.2. The number of hydrazone groups is 1. The lowest BCUT2D eigenvalue weighted by Crippen LogP contribution is -1.94. The molecule has 0 saturated heterocycles. The molecule has 0 aliphatic carbocycles. The molecule has 2 N–H and O–H groups in total. The minimum Gasteiger partial charge on any atom is -0.313 e. The van der Waals surface area contributed by atoms with E-state index in [0.29, 0.717) is 0 Å². The Morgan fingerprint density at radius 3 is 3.31 bits per heavy atom. The monoisotopic (exact) mass is 174 g/mol. The summed E-state index contributed by atoms with van der Waals surface area (Å²) in [7, 11) is 1.77. The van der Waals surface area contributed by atoms with Crippen molar-refractivity contribution >= 4 is 17.1 Å². The van der Waals surface area contributed by atoms with E-state index in [-0.39, 0.29) is 0 Å². The molecule has 2 aromatic rings. The molecule has 0 saturated carbocycles. The Labute approximate surface area is 75.7 Å². The zero-order chi connectivity index (χ0) is 9.10. The van der Waals surface area contributed by atoms with Crippen molar-refractivity contribution in [2.24, 2.45) is 5.10 Å².